The second-order valence-corrected chi connectivity index (χ2v) is 9.00. The van der Waals surface area contributed by atoms with Gasteiger partial charge in [0.2, 0.25) is 10.0 Å². The largest absolute Gasteiger partial charge is 0.356 e. The number of sulfonamides is 1. The summed E-state index contributed by atoms with van der Waals surface area (Å²) in [5, 5.41) is 11.0. The molecule has 0 saturated carbocycles. The van der Waals surface area contributed by atoms with Gasteiger partial charge in [-0.25, -0.2) is 17.8 Å². The first-order valence-corrected chi connectivity index (χ1v) is 11.5. The molecule has 0 aliphatic rings. The lowest BCUT2D eigenvalue weighted by atomic mass is 10.1. The molecule has 0 aliphatic heterocycles. The Balaban J connectivity index is 0.00000363. The summed E-state index contributed by atoms with van der Waals surface area (Å²) in [6, 6.07) is 11.7. The average Bonchev–Trinajstić information content (AvgIpc) is 3.33. The smallest absolute Gasteiger partial charge is 0.242 e. The highest BCUT2D eigenvalue weighted by Crippen LogP contribution is 2.16. The normalized spacial score (nSPS) is 11.8. The van der Waals surface area contributed by atoms with Gasteiger partial charge in [0, 0.05) is 51.8 Å². The van der Waals surface area contributed by atoms with Crippen molar-refractivity contribution in [3.8, 4) is 5.69 Å². The van der Waals surface area contributed by atoms with Gasteiger partial charge in [0.25, 0.3) is 0 Å². The van der Waals surface area contributed by atoms with E-state index in [9.17, 15) is 8.42 Å². The van der Waals surface area contributed by atoms with E-state index < -0.39 is 10.0 Å². The number of nitrogens with one attached hydrogen (secondary N) is 3. The van der Waals surface area contributed by atoms with Crippen LogP contribution < -0.4 is 15.4 Å². The van der Waals surface area contributed by atoms with Gasteiger partial charge in [-0.1, -0.05) is 18.2 Å². The summed E-state index contributed by atoms with van der Waals surface area (Å²) in [5.74, 6) is 0.585. The maximum atomic E-state index is 12.3. The van der Waals surface area contributed by atoms with Gasteiger partial charge in [0.1, 0.15) is 0 Å². The number of aryl methyl sites for hydroxylation is 3. The van der Waals surface area contributed by atoms with E-state index in [0.29, 0.717) is 19.0 Å². The van der Waals surface area contributed by atoms with Crippen LogP contribution >= 0.6 is 24.0 Å². The fourth-order valence-corrected chi connectivity index (χ4v) is 4.31. The van der Waals surface area contributed by atoms with Crippen molar-refractivity contribution in [1.82, 2.24) is 29.7 Å². The van der Waals surface area contributed by atoms with Crippen LogP contribution in [0.25, 0.3) is 5.69 Å². The first-order chi connectivity index (χ1) is 14.8. The Morgan fingerprint density at radius 1 is 1.12 bits per heavy atom. The van der Waals surface area contributed by atoms with Gasteiger partial charge in [0.15, 0.2) is 5.96 Å². The van der Waals surface area contributed by atoms with E-state index in [1.165, 1.54) is 0 Å². The van der Waals surface area contributed by atoms with Crippen LogP contribution in [0.3, 0.4) is 0 Å². The molecule has 32 heavy (non-hydrogen) atoms. The number of guanidine groups is 1. The van der Waals surface area contributed by atoms with Crippen molar-refractivity contribution in [3.63, 3.8) is 0 Å². The number of aliphatic imine (C=N–C) groups is 1. The number of hydrogen-bond donors (Lipinski definition) is 3. The summed E-state index contributed by atoms with van der Waals surface area (Å²) in [6.45, 7) is 5.18. The van der Waals surface area contributed by atoms with Crippen LogP contribution in [0.5, 0.6) is 0 Å². The molecule has 0 spiro atoms. The molecule has 0 amide bonds. The maximum Gasteiger partial charge on any atom is 0.242 e. The van der Waals surface area contributed by atoms with Crippen molar-refractivity contribution in [2.75, 3.05) is 20.1 Å². The number of halogens is 1. The molecular formula is C21H30IN7O2S. The monoisotopic (exact) mass is 571 g/mol. The predicted octanol–water partition coefficient (Wildman–Crippen LogP) is 2.09. The second kappa shape index (κ2) is 11.5. The van der Waals surface area contributed by atoms with Crippen LogP contribution in [-0.4, -0.2) is 48.9 Å². The molecule has 0 aliphatic carbocycles. The van der Waals surface area contributed by atoms with Crippen molar-refractivity contribution < 1.29 is 8.42 Å². The van der Waals surface area contributed by atoms with E-state index in [1.54, 1.807) is 37.1 Å². The van der Waals surface area contributed by atoms with Gasteiger partial charge < -0.3 is 15.2 Å². The molecule has 0 fully saturated rings. The van der Waals surface area contributed by atoms with Crippen LogP contribution in [0.15, 0.2) is 58.7 Å². The van der Waals surface area contributed by atoms with Gasteiger partial charge >= 0.3 is 0 Å². The summed E-state index contributed by atoms with van der Waals surface area (Å²) in [4.78, 5) is 4.46. The lowest BCUT2D eigenvalue weighted by Crippen LogP contribution is -2.41. The minimum atomic E-state index is -3.52. The van der Waals surface area contributed by atoms with Crippen LogP contribution in [-0.2, 0) is 23.6 Å². The van der Waals surface area contributed by atoms with Crippen molar-refractivity contribution in [2.45, 2.75) is 25.3 Å². The quantitative estimate of drug-likeness (QED) is 0.166. The van der Waals surface area contributed by atoms with Crippen molar-refractivity contribution in [2.24, 2.45) is 12.0 Å². The predicted molar refractivity (Wildman–Crippen MR) is 137 cm³/mol. The fourth-order valence-electron chi connectivity index (χ4n) is 3.23. The Kier molecular flexibility index (Phi) is 9.28. The molecule has 11 heteroatoms. The Morgan fingerprint density at radius 2 is 1.88 bits per heavy atom. The van der Waals surface area contributed by atoms with Crippen molar-refractivity contribution >= 4 is 40.0 Å². The summed E-state index contributed by atoms with van der Waals surface area (Å²) in [5.41, 5.74) is 4.11. The highest BCUT2D eigenvalue weighted by molar-refractivity contribution is 14.0. The summed E-state index contributed by atoms with van der Waals surface area (Å²) in [6.07, 6.45) is 3.26. The summed E-state index contributed by atoms with van der Waals surface area (Å²) < 4.78 is 30.7. The third-order valence-corrected chi connectivity index (χ3v) is 6.17. The van der Waals surface area contributed by atoms with E-state index in [4.69, 9.17) is 0 Å². The molecule has 3 aromatic rings. The number of hydrogen-bond acceptors (Lipinski definition) is 4. The van der Waals surface area contributed by atoms with Gasteiger partial charge in [-0.2, -0.15) is 5.10 Å². The van der Waals surface area contributed by atoms with Gasteiger partial charge in [-0.3, -0.25) is 4.99 Å². The zero-order valence-electron chi connectivity index (χ0n) is 18.7. The average molecular weight is 571 g/mol. The van der Waals surface area contributed by atoms with Crippen LogP contribution in [0.4, 0.5) is 0 Å². The van der Waals surface area contributed by atoms with E-state index in [1.807, 2.05) is 48.9 Å². The molecule has 174 valence electrons. The van der Waals surface area contributed by atoms with E-state index in [-0.39, 0.29) is 35.4 Å². The molecule has 3 rings (SSSR count). The number of nitrogens with zero attached hydrogens (tertiary/aromatic N) is 4. The van der Waals surface area contributed by atoms with Crippen LogP contribution in [0.2, 0.25) is 0 Å². The standard InChI is InChI=1S/C21H29N7O2S.HI/c1-16-13-17(2)28(26-16)20-8-6-5-7-18(20)14-24-21(22-3)23-10-11-25-31(29,30)19-9-12-27(4)15-19;/h5-9,12-13,15,25H,10-11,14H2,1-4H3,(H2,22,23,24);1H. The van der Waals surface area contributed by atoms with E-state index >= 15 is 0 Å². The Labute approximate surface area is 206 Å². The SMILES string of the molecule is CN=C(NCCNS(=O)(=O)c1ccn(C)c1)NCc1ccccc1-n1nc(C)cc1C.I. The fraction of sp³-hybridized carbons (Fsp3) is 0.333. The van der Waals surface area contributed by atoms with E-state index in [2.05, 4.69) is 25.4 Å². The molecule has 2 heterocycles. The molecule has 1 aromatic carbocycles. The maximum absolute atomic E-state index is 12.3. The zero-order valence-corrected chi connectivity index (χ0v) is 21.8. The number of aromatic nitrogens is 3. The molecule has 0 unspecified atom stereocenters. The first-order valence-electron chi connectivity index (χ1n) is 9.98. The van der Waals surface area contributed by atoms with Gasteiger partial charge in [0.05, 0.1) is 16.3 Å². The molecule has 2 aromatic heterocycles. The van der Waals surface area contributed by atoms with Crippen molar-refractivity contribution in [1.29, 1.82) is 0 Å². The lowest BCUT2D eigenvalue weighted by Gasteiger charge is -2.15. The number of para-hydroxylation sites is 1. The van der Waals surface area contributed by atoms with Crippen LogP contribution in [0, 0.1) is 13.8 Å². The number of benzene rings is 1. The molecule has 0 saturated heterocycles. The molecule has 0 atom stereocenters. The third-order valence-electron chi connectivity index (χ3n) is 4.72. The topological polar surface area (TPSA) is 105 Å². The molecule has 9 nitrogen and oxygen atoms in total. The minimum Gasteiger partial charge on any atom is -0.356 e. The Hall–Kier alpha value is -2.38. The molecule has 0 bridgehead atoms. The summed E-state index contributed by atoms with van der Waals surface area (Å²) >= 11 is 0. The minimum absolute atomic E-state index is 0. The van der Waals surface area contributed by atoms with Crippen molar-refractivity contribution in [3.05, 3.63) is 65.7 Å². The van der Waals surface area contributed by atoms with Gasteiger partial charge in [-0.15, -0.1) is 24.0 Å². The zero-order chi connectivity index (χ0) is 22.4. The molecular weight excluding hydrogens is 541 g/mol. The summed E-state index contributed by atoms with van der Waals surface area (Å²) in [7, 11) is -0.0606. The highest BCUT2D eigenvalue weighted by Gasteiger charge is 2.14. The Bertz CT molecular complexity index is 1170. The lowest BCUT2D eigenvalue weighted by molar-refractivity contribution is 0.580. The van der Waals surface area contributed by atoms with Crippen LogP contribution in [0.1, 0.15) is 17.0 Å². The second-order valence-electron chi connectivity index (χ2n) is 7.23. The highest BCUT2D eigenvalue weighted by atomic mass is 127. The third kappa shape index (κ3) is 6.56. The van der Waals surface area contributed by atoms with E-state index in [0.717, 1.165) is 22.6 Å². The molecule has 0 radical (unpaired) electrons. The first kappa shape index (κ1) is 25.9. The number of rotatable bonds is 8. The van der Waals surface area contributed by atoms with Gasteiger partial charge in [-0.05, 0) is 37.6 Å². The Morgan fingerprint density at radius 3 is 2.50 bits per heavy atom. The molecule has 3 N–H and O–H groups in total.